The number of hydrogen-bond acceptors (Lipinski definition) is 4. The molecule has 0 unspecified atom stereocenters. The molecule has 0 radical (unpaired) electrons. The lowest BCUT2D eigenvalue weighted by molar-refractivity contribution is -0.137. The first kappa shape index (κ1) is 19.0. The van der Waals surface area contributed by atoms with E-state index < -0.39 is 11.7 Å². The number of aromatic nitrogens is 2. The van der Waals surface area contributed by atoms with Crippen LogP contribution in [0.4, 0.5) is 24.8 Å². The molecule has 1 saturated heterocycles. The van der Waals surface area contributed by atoms with Gasteiger partial charge in [-0.2, -0.15) is 13.2 Å². The minimum Gasteiger partial charge on any atom is -0.368 e. The van der Waals surface area contributed by atoms with Crippen LogP contribution in [0.25, 0.3) is 11.3 Å². The Morgan fingerprint density at radius 3 is 2.24 bits per heavy atom. The van der Waals surface area contributed by atoms with Gasteiger partial charge in [-0.05, 0) is 18.2 Å². The van der Waals surface area contributed by atoms with Crippen LogP contribution in [0.3, 0.4) is 0 Å². The third-order valence-corrected chi connectivity index (χ3v) is 4.92. The smallest absolute Gasteiger partial charge is 0.368 e. The molecule has 8 heteroatoms. The molecule has 0 spiro atoms. The number of H-pyrrole nitrogens is 1. The molecule has 1 aliphatic rings. The Balaban J connectivity index is 1.51. The van der Waals surface area contributed by atoms with Gasteiger partial charge in [-0.1, -0.05) is 36.4 Å². The molecule has 0 amide bonds. The van der Waals surface area contributed by atoms with Gasteiger partial charge in [0.1, 0.15) is 0 Å². The molecule has 0 aliphatic carbocycles. The summed E-state index contributed by atoms with van der Waals surface area (Å²) in [6, 6.07) is 16.2. The number of alkyl halides is 3. The van der Waals surface area contributed by atoms with Gasteiger partial charge in [0.05, 0.1) is 11.3 Å². The van der Waals surface area contributed by atoms with E-state index in [1.807, 2.05) is 40.1 Å². The summed E-state index contributed by atoms with van der Waals surface area (Å²) in [6.45, 7) is 2.13. The third-order valence-electron chi connectivity index (χ3n) is 4.92. The molecule has 0 bridgehead atoms. The fourth-order valence-corrected chi connectivity index (χ4v) is 3.41. The van der Waals surface area contributed by atoms with Gasteiger partial charge in [-0.15, -0.1) is 0 Å². The molecule has 5 nitrogen and oxygen atoms in total. The van der Waals surface area contributed by atoms with E-state index in [0.29, 0.717) is 43.5 Å². The van der Waals surface area contributed by atoms with E-state index >= 15 is 0 Å². The van der Waals surface area contributed by atoms with Crippen LogP contribution < -0.4 is 15.4 Å². The zero-order valence-corrected chi connectivity index (χ0v) is 15.5. The average Bonchev–Trinajstić information content (AvgIpc) is 2.73. The highest BCUT2D eigenvalue weighted by atomic mass is 19.4. The van der Waals surface area contributed by atoms with Crippen LogP contribution in [-0.4, -0.2) is 36.1 Å². The van der Waals surface area contributed by atoms with Crippen LogP contribution >= 0.6 is 0 Å². The van der Waals surface area contributed by atoms with Crippen LogP contribution in [0.15, 0.2) is 65.5 Å². The maximum atomic E-state index is 13.0. The molecule has 29 heavy (non-hydrogen) atoms. The van der Waals surface area contributed by atoms with Gasteiger partial charge in [0.25, 0.3) is 5.56 Å². The molecule has 1 N–H and O–H groups in total. The maximum absolute atomic E-state index is 13.0. The predicted octanol–water partition coefficient (Wildman–Crippen LogP) is 3.78. The van der Waals surface area contributed by atoms with Gasteiger partial charge in [0.15, 0.2) is 0 Å². The summed E-state index contributed by atoms with van der Waals surface area (Å²) in [7, 11) is 0. The van der Waals surface area contributed by atoms with Crippen molar-refractivity contribution in [3.63, 3.8) is 0 Å². The Bertz CT molecular complexity index is 1040. The van der Waals surface area contributed by atoms with Gasteiger partial charge < -0.3 is 9.80 Å². The third kappa shape index (κ3) is 4.26. The van der Waals surface area contributed by atoms with Gasteiger partial charge in [0.2, 0.25) is 5.95 Å². The second-order valence-corrected chi connectivity index (χ2v) is 6.84. The largest absolute Gasteiger partial charge is 0.416 e. The Hall–Kier alpha value is -3.29. The minimum atomic E-state index is -4.36. The van der Waals surface area contributed by atoms with E-state index in [0.717, 1.165) is 11.6 Å². The number of halogens is 3. The number of nitrogens with one attached hydrogen (secondary N) is 1. The zero-order chi connectivity index (χ0) is 20.4. The SMILES string of the molecule is O=c1cc(-c2ccccc2)nc(N2CCN(c3cccc(C(F)(F)F)c3)CC2)[nH]1. The highest BCUT2D eigenvalue weighted by Crippen LogP contribution is 2.32. The van der Waals surface area contributed by atoms with Crippen LogP contribution in [0.5, 0.6) is 0 Å². The van der Waals surface area contributed by atoms with Crippen molar-refractivity contribution >= 4 is 11.6 Å². The van der Waals surface area contributed by atoms with Crippen molar-refractivity contribution in [3.8, 4) is 11.3 Å². The first-order chi connectivity index (χ1) is 13.9. The normalized spacial score (nSPS) is 14.9. The molecule has 3 aromatic rings. The molecule has 4 rings (SSSR count). The Morgan fingerprint density at radius 1 is 0.862 bits per heavy atom. The quantitative estimate of drug-likeness (QED) is 0.727. The number of aromatic amines is 1. The van der Waals surface area contributed by atoms with Crippen LogP contribution in [0.2, 0.25) is 0 Å². The van der Waals surface area contributed by atoms with Crippen molar-refractivity contribution in [2.75, 3.05) is 36.0 Å². The van der Waals surface area contributed by atoms with Crippen molar-refractivity contribution in [3.05, 3.63) is 76.6 Å². The summed E-state index contributed by atoms with van der Waals surface area (Å²) in [5.74, 6) is 0.472. The van der Waals surface area contributed by atoms with Crippen LogP contribution in [-0.2, 0) is 6.18 Å². The molecule has 150 valence electrons. The fourth-order valence-electron chi connectivity index (χ4n) is 3.41. The summed E-state index contributed by atoms with van der Waals surface area (Å²) in [5, 5.41) is 0. The first-order valence-electron chi connectivity index (χ1n) is 9.24. The van der Waals surface area contributed by atoms with Crippen molar-refractivity contribution in [1.29, 1.82) is 0 Å². The van der Waals surface area contributed by atoms with Gasteiger partial charge >= 0.3 is 6.18 Å². The van der Waals surface area contributed by atoms with E-state index in [-0.39, 0.29) is 5.56 Å². The molecule has 1 aromatic heterocycles. The fraction of sp³-hybridized carbons (Fsp3) is 0.238. The average molecular weight is 400 g/mol. The van der Waals surface area contributed by atoms with Gasteiger partial charge in [0, 0.05) is 43.5 Å². The predicted molar refractivity (Wildman–Crippen MR) is 106 cm³/mol. The topological polar surface area (TPSA) is 52.2 Å². The van der Waals surface area contributed by atoms with Gasteiger partial charge in [-0.25, -0.2) is 4.98 Å². The Labute approximate surface area is 165 Å². The summed E-state index contributed by atoms with van der Waals surface area (Å²) >= 11 is 0. The molecule has 2 aromatic carbocycles. The van der Waals surface area contributed by atoms with Crippen molar-refractivity contribution in [2.24, 2.45) is 0 Å². The number of rotatable bonds is 3. The number of benzene rings is 2. The Morgan fingerprint density at radius 2 is 1.55 bits per heavy atom. The molecular weight excluding hydrogens is 381 g/mol. The molecule has 2 heterocycles. The first-order valence-corrected chi connectivity index (χ1v) is 9.24. The van der Waals surface area contributed by atoms with E-state index in [2.05, 4.69) is 9.97 Å². The highest BCUT2D eigenvalue weighted by molar-refractivity contribution is 5.60. The number of nitrogens with zero attached hydrogens (tertiary/aromatic N) is 3. The Kier molecular flexibility index (Phi) is 5.00. The molecule has 0 atom stereocenters. The lowest BCUT2D eigenvalue weighted by atomic mass is 10.1. The molecule has 1 fully saturated rings. The second kappa shape index (κ2) is 7.62. The molecule has 0 saturated carbocycles. The van der Waals surface area contributed by atoms with Crippen molar-refractivity contribution in [1.82, 2.24) is 9.97 Å². The number of hydrogen-bond donors (Lipinski definition) is 1. The lowest BCUT2D eigenvalue weighted by Crippen LogP contribution is -2.47. The van der Waals surface area contributed by atoms with E-state index in [1.54, 1.807) is 6.07 Å². The van der Waals surface area contributed by atoms with Crippen LogP contribution in [0, 0.1) is 0 Å². The number of piperazine rings is 1. The zero-order valence-electron chi connectivity index (χ0n) is 15.5. The van der Waals surface area contributed by atoms with E-state index in [4.69, 9.17) is 0 Å². The second-order valence-electron chi connectivity index (χ2n) is 6.84. The summed E-state index contributed by atoms with van der Waals surface area (Å²) in [6.07, 6.45) is -4.36. The van der Waals surface area contributed by atoms with Crippen molar-refractivity contribution in [2.45, 2.75) is 6.18 Å². The van der Waals surface area contributed by atoms with E-state index in [9.17, 15) is 18.0 Å². The molecule has 1 aliphatic heterocycles. The van der Waals surface area contributed by atoms with E-state index in [1.165, 1.54) is 18.2 Å². The number of anilines is 2. The van der Waals surface area contributed by atoms with Gasteiger partial charge in [-0.3, -0.25) is 9.78 Å². The maximum Gasteiger partial charge on any atom is 0.416 e. The summed E-state index contributed by atoms with van der Waals surface area (Å²) < 4.78 is 38.9. The molecular formula is C21H19F3N4O. The lowest BCUT2D eigenvalue weighted by Gasteiger charge is -2.36. The van der Waals surface area contributed by atoms with Crippen LogP contribution in [0.1, 0.15) is 5.56 Å². The highest BCUT2D eigenvalue weighted by Gasteiger charge is 2.31. The minimum absolute atomic E-state index is 0.242. The summed E-state index contributed by atoms with van der Waals surface area (Å²) in [5.41, 5.74) is 1.08. The van der Waals surface area contributed by atoms with Crippen molar-refractivity contribution < 1.29 is 13.2 Å². The summed E-state index contributed by atoms with van der Waals surface area (Å²) in [4.78, 5) is 23.3. The standard InChI is InChI=1S/C21H19F3N4O/c22-21(23,24)16-7-4-8-17(13-16)27-9-11-28(12-10-27)20-25-18(14-19(29)26-20)15-5-2-1-3-6-15/h1-8,13-14H,9-12H2,(H,25,26,29). The monoisotopic (exact) mass is 400 g/mol.